The van der Waals surface area contributed by atoms with Crippen LogP contribution in [0.4, 0.5) is 0 Å². The minimum absolute atomic E-state index is 0.353. The maximum atomic E-state index is 9.63. The van der Waals surface area contributed by atoms with Crippen LogP contribution in [0.2, 0.25) is 0 Å². The predicted octanol–water partition coefficient (Wildman–Crippen LogP) is 1.36. The summed E-state index contributed by atoms with van der Waals surface area (Å²) in [4.78, 5) is 2.26. The van der Waals surface area contributed by atoms with E-state index in [9.17, 15) is 5.11 Å². The third-order valence-electron chi connectivity index (χ3n) is 2.05. The van der Waals surface area contributed by atoms with Crippen molar-refractivity contribution in [2.75, 3.05) is 32.8 Å². The van der Waals surface area contributed by atoms with E-state index in [0.29, 0.717) is 25.7 Å². The molecule has 0 aromatic heterocycles. The lowest BCUT2D eigenvalue weighted by molar-refractivity contribution is 0.0202. The summed E-state index contributed by atoms with van der Waals surface area (Å²) >= 11 is 0. The van der Waals surface area contributed by atoms with Crippen LogP contribution in [0.3, 0.4) is 0 Å². The van der Waals surface area contributed by atoms with Crippen LogP contribution in [-0.2, 0) is 4.74 Å². The van der Waals surface area contributed by atoms with Crippen molar-refractivity contribution < 1.29 is 9.84 Å². The maximum absolute atomic E-state index is 9.63. The molecule has 0 aliphatic heterocycles. The van der Waals surface area contributed by atoms with Crippen LogP contribution in [0.25, 0.3) is 0 Å². The van der Waals surface area contributed by atoms with Crippen LogP contribution in [0.5, 0.6) is 0 Å². The van der Waals surface area contributed by atoms with E-state index in [4.69, 9.17) is 4.74 Å². The largest absolute Gasteiger partial charge is 0.389 e. The lowest BCUT2D eigenvalue weighted by Gasteiger charge is -2.25. The van der Waals surface area contributed by atoms with Gasteiger partial charge in [-0.15, -0.1) is 0 Å². The quantitative estimate of drug-likeness (QED) is 0.646. The Balaban J connectivity index is 3.68. The summed E-state index contributed by atoms with van der Waals surface area (Å²) in [6, 6.07) is 0. The monoisotopic (exact) mass is 203 g/mol. The Kier molecular flexibility index (Phi) is 8.14. The zero-order chi connectivity index (χ0) is 11.0. The number of hydrogen-bond acceptors (Lipinski definition) is 3. The Morgan fingerprint density at radius 2 is 1.86 bits per heavy atom. The summed E-state index contributed by atoms with van der Waals surface area (Å²) in [5.41, 5.74) is 0. The average Bonchev–Trinajstić information content (AvgIpc) is 2.12. The highest BCUT2D eigenvalue weighted by Gasteiger charge is 2.11. The fourth-order valence-electron chi connectivity index (χ4n) is 1.45. The number of hydrogen-bond donors (Lipinski definition) is 1. The van der Waals surface area contributed by atoms with Gasteiger partial charge in [0, 0.05) is 19.7 Å². The van der Waals surface area contributed by atoms with E-state index in [0.717, 1.165) is 13.1 Å². The van der Waals surface area contributed by atoms with E-state index < -0.39 is 0 Å². The fourth-order valence-corrected chi connectivity index (χ4v) is 1.45. The fraction of sp³-hybridized carbons (Fsp3) is 1.00. The number of rotatable bonds is 8. The highest BCUT2D eigenvalue weighted by Crippen LogP contribution is 2.00. The van der Waals surface area contributed by atoms with E-state index in [1.165, 1.54) is 0 Å². The topological polar surface area (TPSA) is 32.7 Å². The number of nitrogens with zero attached hydrogens (tertiary/aromatic N) is 1. The number of likely N-dealkylation sites (N-methyl/N-ethyl adjacent to an activating group) is 1. The molecule has 0 saturated heterocycles. The number of aliphatic hydroxyl groups excluding tert-OH is 1. The average molecular weight is 203 g/mol. The van der Waals surface area contributed by atoms with Crippen molar-refractivity contribution in [3.05, 3.63) is 0 Å². The van der Waals surface area contributed by atoms with Gasteiger partial charge < -0.3 is 14.7 Å². The second kappa shape index (κ2) is 8.21. The first kappa shape index (κ1) is 13.9. The smallest absolute Gasteiger partial charge is 0.0900 e. The molecule has 1 N–H and O–H groups in total. The summed E-state index contributed by atoms with van der Waals surface area (Å²) in [5, 5.41) is 9.63. The van der Waals surface area contributed by atoms with E-state index >= 15 is 0 Å². The third kappa shape index (κ3) is 7.30. The van der Waals surface area contributed by atoms with E-state index in [1.54, 1.807) is 0 Å². The van der Waals surface area contributed by atoms with Crippen LogP contribution in [0.15, 0.2) is 0 Å². The van der Waals surface area contributed by atoms with E-state index in [1.807, 2.05) is 6.92 Å². The number of ether oxygens (including phenoxy) is 1. The van der Waals surface area contributed by atoms with Gasteiger partial charge in [-0.05, 0) is 19.4 Å². The normalized spacial score (nSPS) is 13.9. The minimum atomic E-state index is -0.353. The highest BCUT2D eigenvalue weighted by atomic mass is 16.5. The first-order chi connectivity index (χ1) is 6.60. The van der Waals surface area contributed by atoms with Gasteiger partial charge in [0.15, 0.2) is 0 Å². The first-order valence-electron chi connectivity index (χ1n) is 5.58. The van der Waals surface area contributed by atoms with Gasteiger partial charge in [0.2, 0.25) is 0 Å². The molecule has 0 aliphatic carbocycles. The first-order valence-corrected chi connectivity index (χ1v) is 5.58. The van der Waals surface area contributed by atoms with Crippen molar-refractivity contribution in [3.63, 3.8) is 0 Å². The van der Waals surface area contributed by atoms with Gasteiger partial charge in [-0.1, -0.05) is 20.8 Å². The molecule has 0 spiro atoms. The molecule has 3 heteroatoms. The second-order valence-corrected chi connectivity index (χ2v) is 4.06. The molecule has 0 fully saturated rings. The molecule has 0 saturated carbocycles. The molecule has 86 valence electrons. The third-order valence-corrected chi connectivity index (χ3v) is 2.05. The van der Waals surface area contributed by atoms with Crippen molar-refractivity contribution in [1.29, 1.82) is 0 Å². The van der Waals surface area contributed by atoms with Gasteiger partial charge in [0.25, 0.3) is 0 Å². The molecule has 0 heterocycles. The summed E-state index contributed by atoms with van der Waals surface area (Å²) in [5.74, 6) is 0.647. The predicted molar refractivity (Wildman–Crippen MR) is 59.5 cm³/mol. The second-order valence-electron chi connectivity index (χ2n) is 4.06. The lowest BCUT2D eigenvalue weighted by atomic mass is 10.2. The van der Waals surface area contributed by atoms with Gasteiger partial charge >= 0.3 is 0 Å². The standard InChI is InChI=1S/C11H25NO2/c1-5-12(7-10(3)4)8-11(13)9-14-6-2/h10-11,13H,5-9H2,1-4H3. The van der Waals surface area contributed by atoms with Crippen LogP contribution in [-0.4, -0.2) is 49.0 Å². The molecular formula is C11H25NO2. The molecular weight excluding hydrogens is 178 g/mol. The molecule has 14 heavy (non-hydrogen) atoms. The molecule has 0 rings (SSSR count). The Morgan fingerprint density at radius 1 is 1.21 bits per heavy atom. The van der Waals surface area contributed by atoms with Crippen LogP contribution in [0.1, 0.15) is 27.7 Å². The van der Waals surface area contributed by atoms with E-state index in [2.05, 4.69) is 25.7 Å². The molecule has 1 unspecified atom stereocenters. The molecule has 3 nitrogen and oxygen atoms in total. The maximum Gasteiger partial charge on any atom is 0.0900 e. The van der Waals surface area contributed by atoms with Gasteiger partial charge in [0.05, 0.1) is 12.7 Å². The van der Waals surface area contributed by atoms with Gasteiger partial charge in [0.1, 0.15) is 0 Å². The van der Waals surface area contributed by atoms with Crippen LogP contribution < -0.4 is 0 Å². The Hall–Kier alpha value is -0.120. The summed E-state index contributed by atoms with van der Waals surface area (Å²) in [6.07, 6.45) is -0.353. The summed E-state index contributed by atoms with van der Waals surface area (Å²) in [6.45, 7) is 12.3. The van der Waals surface area contributed by atoms with Crippen LogP contribution in [0, 0.1) is 5.92 Å². The molecule has 0 radical (unpaired) electrons. The van der Waals surface area contributed by atoms with Crippen molar-refractivity contribution in [3.8, 4) is 0 Å². The molecule has 0 amide bonds. The van der Waals surface area contributed by atoms with Crippen molar-refractivity contribution >= 4 is 0 Å². The van der Waals surface area contributed by atoms with Gasteiger partial charge in [-0.2, -0.15) is 0 Å². The molecule has 0 aromatic rings. The minimum Gasteiger partial charge on any atom is -0.389 e. The molecule has 0 aromatic carbocycles. The van der Waals surface area contributed by atoms with E-state index in [-0.39, 0.29) is 6.10 Å². The SMILES string of the molecule is CCOCC(O)CN(CC)CC(C)C. The van der Waals surface area contributed by atoms with Crippen molar-refractivity contribution in [2.45, 2.75) is 33.8 Å². The van der Waals surface area contributed by atoms with Crippen LogP contribution >= 0.6 is 0 Å². The Morgan fingerprint density at radius 3 is 2.29 bits per heavy atom. The lowest BCUT2D eigenvalue weighted by Crippen LogP contribution is -2.37. The van der Waals surface area contributed by atoms with Crippen molar-refractivity contribution in [1.82, 2.24) is 4.90 Å². The summed E-state index contributed by atoms with van der Waals surface area (Å²) in [7, 11) is 0. The number of aliphatic hydroxyl groups is 1. The van der Waals surface area contributed by atoms with Gasteiger partial charge in [-0.3, -0.25) is 0 Å². The Labute approximate surface area is 88.1 Å². The molecule has 0 aliphatic rings. The summed E-state index contributed by atoms with van der Waals surface area (Å²) < 4.78 is 5.17. The highest BCUT2D eigenvalue weighted by molar-refractivity contribution is 4.64. The zero-order valence-electron chi connectivity index (χ0n) is 9.99. The van der Waals surface area contributed by atoms with Crippen molar-refractivity contribution in [2.24, 2.45) is 5.92 Å². The molecule has 1 atom stereocenters. The Bertz CT molecular complexity index is 128. The molecule has 0 bridgehead atoms. The zero-order valence-corrected chi connectivity index (χ0v) is 9.99. The van der Waals surface area contributed by atoms with Gasteiger partial charge in [-0.25, -0.2) is 0 Å².